The van der Waals surface area contributed by atoms with Crippen LogP contribution in [0.3, 0.4) is 0 Å². The van der Waals surface area contributed by atoms with E-state index in [0.717, 1.165) is 49.5 Å². The number of anilines is 1. The van der Waals surface area contributed by atoms with Crippen molar-refractivity contribution in [1.29, 1.82) is 0 Å². The second-order valence-corrected chi connectivity index (χ2v) is 8.87. The van der Waals surface area contributed by atoms with Gasteiger partial charge in [-0.2, -0.15) is 0 Å². The Balaban J connectivity index is 1.09. The molecule has 2 saturated heterocycles. The highest BCUT2D eigenvalue weighted by atomic mass is 16.5. The number of nitrogens with one attached hydrogen (secondary N) is 2. The van der Waals surface area contributed by atoms with Gasteiger partial charge in [-0.05, 0) is 41.8 Å². The molecule has 2 fully saturated rings. The van der Waals surface area contributed by atoms with Gasteiger partial charge in [0.2, 0.25) is 5.91 Å². The maximum absolute atomic E-state index is 12.7. The van der Waals surface area contributed by atoms with Crippen LogP contribution in [0.4, 0.5) is 10.5 Å². The van der Waals surface area contributed by atoms with E-state index in [9.17, 15) is 9.59 Å². The number of aromatic nitrogens is 2. The number of carbonyl (C=O) groups is 2. The van der Waals surface area contributed by atoms with Crippen LogP contribution in [0.1, 0.15) is 23.5 Å². The van der Waals surface area contributed by atoms with Crippen molar-refractivity contribution >= 4 is 23.3 Å². The summed E-state index contributed by atoms with van der Waals surface area (Å²) < 4.78 is 7.29. The van der Waals surface area contributed by atoms with Gasteiger partial charge in [0.05, 0.1) is 19.8 Å². The van der Waals surface area contributed by atoms with Crippen molar-refractivity contribution in [3.8, 4) is 0 Å². The molecule has 2 N–H and O–H groups in total. The predicted molar refractivity (Wildman–Crippen MR) is 129 cm³/mol. The third-order valence-corrected chi connectivity index (χ3v) is 6.56. The first-order valence-corrected chi connectivity index (χ1v) is 11.8. The standard InChI is InChI=1S/C25H30N6O3/c32-24(18-29-11-13-34-14-12-29)31-9-6-21(17-31)20-1-3-22(4-2-20)28-25(33)27-16-19-5-8-30-10-7-26-23(30)15-19/h1-5,7-8,10,15,21H,6,9,11-14,16-18H2,(H2,27,28,33). The Bertz CT molecular complexity index is 1140. The fourth-order valence-corrected chi connectivity index (χ4v) is 4.57. The number of likely N-dealkylation sites (tertiary alicyclic amines) is 1. The molecule has 2 aliphatic heterocycles. The van der Waals surface area contributed by atoms with E-state index >= 15 is 0 Å². The second-order valence-electron chi connectivity index (χ2n) is 8.87. The monoisotopic (exact) mass is 462 g/mol. The largest absolute Gasteiger partial charge is 0.379 e. The topological polar surface area (TPSA) is 91.2 Å². The summed E-state index contributed by atoms with van der Waals surface area (Å²) in [7, 11) is 0. The molecule has 2 aliphatic rings. The zero-order chi connectivity index (χ0) is 23.3. The summed E-state index contributed by atoms with van der Waals surface area (Å²) in [5.74, 6) is 0.528. The number of amides is 3. The van der Waals surface area contributed by atoms with E-state index in [4.69, 9.17) is 4.74 Å². The van der Waals surface area contributed by atoms with E-state index in [-0.39, 0.29) is 11.9 Å². The summed E-state index contributed by atoms with van der Waals surface area (Å²) in [6, 6.07) is 11.6. The molecule has 0 bridgehead atoms. The lowest BCUT2D eigenvalue weighted by Gasteiger charge is -2.28. The summed E-state index contributed by atoms with van der Waals surface area (Å²) in [4.78, 5) is 33.4. The van der Waals surface area contributed by atoms with Gasteiger partial charge in [0, 0.05) is 62.9 Å². The number of hydrogen-bond acceptors (Lipinski definition) is 5. The zero-order valence-electron chi connectivity index (χ0n) is 19.2. The predicted octanol–water partition coefficient (Wildman–Crippen LogP) is 2.30. The summed E-state index contributed by atoms with van der Waals surface area (Å²) in [5, 5.41) is 5.77. The highest BCUT2D eigenvalue weighted by Crippen LogP contribution is 2.28. The molecule has 0 radical (unpaired) electrons. The Morgan fingerprint density at radius 2 is 1.88 bits per heavy atom. The molecule has 1 atom stereocenters. The first-order chi connectivity index (χ1) is 16.6. The summed E-state index contributed by atoms with van der Waals surface area (Å²) in [6.07, 6.45) is 6.52. The van der Waals surface area contributed by atoms with Crippen molar-refractivity contribution in [3.63, 3.8) is 0 Å². The summed E-state index contributed by atoms with van der Waals surface area (Å²) in [5.41, 5.74) is 3.77. The molecule has 34 heavy (non-hydrogen) atoms. The molecule has 1 unspecified atom stereocenters. The quantitative estimate of drug-likeness (QED) is 0.587. The average Bonchev–Trinajstić information content (AvgIpc) is 3.54. The number of imidazole rings is 1. The van der Waals surface area contributed by atoms with E-state index in [1.807, 2.05) is 58.1 Å². The van der Waals surface area contributed by atoms with Gasteiger partial charge >= 0.3 is 6.03 Å². The maximum Gasteiger partial charge on any atom is 0.319 e. The molecule has 4 heterocycles. The van der Waals surface area contributed by atoms with Gasteiger partial charge < -0.3 is 24.7 Å². The fraction of sp³-hybridized carbons (Fsp3) is 0.400. The Labute approximate surface area is 198 Å². The number of hydrogen-bond donors (Lipinski definition) is 2. The fourth-order valence-electron chi connectivity index (χ4n) is 4.57. The van der Waals surface area contributed by atoms with Crippen LogP contribution in [0.2, 0.25) is 0 Å². The lowest BCUT2D eigenvalue weighted by Crippen LogP contribution is -2.44. The lowest BCUT2D eigenvalue weighted by atomic mass is 9.98. The van der Waals surface area contributed by atoms with Crippen molar-refractivity contribution in [2.24, 2.45) is 0 Å². The van der Waals surface area contributed by atoms with Gasteiger partial charge in [0.25, 0.3) is 0 Å². The van der Waals surface area contributed by atoms with Gasteiger partial charge in [-0.25, -0.2) is 9.78 Å². The molecule has 0 aliphatic carbocycles. The molecule has 9 heteroatoms. The van der Waals surface area contributed by atoms with Crippen LogP contribution in [-0.2, 0) is 16.1 Å². The summed E-state index contributed by atoms with van der Waals surface area (Å²) in [6.45, 7) is 5.49. The number of nitrogens with zero attached hydrogens (tertiary/aromatic N) is 4. The molecule has 178 valence electrons. The SMILES string of the molecule is O=C(NCc1ccn2ccnc2c1)Nc1ccc(C2CCN(C(=O)CN3CCOCC3)C2)cc1. The van der Waals surface area contributed by atoms with E-state index in [2.05, 4.69) is 20.5 Å². The lowest BCUT2D eigenvalue weighted by molar-refractivity contribution is -0.132. The van der Waals surface area contributed by atoms with Crippen LogP contribution in [0.25, 0.3) is 5.65 Å². The Morgan fingerprint density at radius 3 is 2.71 bits per heavy atom. The smallest absolute Gasteiger partial charge is 0.319 e. The number of morpholine rings is 1. The minimum Gasteiger partial charge on any atom is -0.379 e. The molecule has 3 amide bonds. The molecule has 0 saturated carbocycles. The van der Waals surface area contributed by atoms with Gasteiger partial charge in [-0.3, -0.25) is 9.69 Å². The van der Waals surface area contributed by atoms with Gasteiger partial charge in [0.1, 0.15) is 5.65 Å². The van der Waals surface area contributed by atoms with E-state index in [0.29, 0.717) is 32.2 Å². The molecule has 1 aromatic carbocycles. The molecule has 5 rings (SSSR count). The second kappa shape index (κ2) is 10.2. The van der Waals surface area contributed by atoms with Crippen molar-refractivity contribution < 1.29 is 14.3 Å². The van der Waals surface area contributed by atoms with Crippen LogP contribution < -0.4 is 10.6 Å². The Hall–Kier alpha value is -3.43. The number of carbonyl (C=O) groups excluding carboxylic acids is 2. The van der Waals surface area contributed by atoms with Crippen LogP contribution in [0.5, 0.6) is 0 Å². The number of urea groups is 1. The normalized spacial score (nSPS) is 18.8. The van der Waals surface area contributed by atoms with E-state index < -0.39 is 0 Å². The first kappa shape index (κ1) is 22.4. The number of pyridine rings is 1. The van der Waals surface area contributed by atoms with Gasteiger partial charge in [-0.15, -0.1) is 0 Å². The molecular formula is C25H30N6O3. The van der Waals surface area contributed by atoms with Gasteiger partial charge in [-0.1, -0.05) is 12.1 Å². The van der Waals surface area contributed by atoms with Crippen molar-refractivity contribution in [3.05, 3.63) is 66.1 Å². The van der Waals surface area contributed by atoms with E-state index in [1.54, 1.807) is 6.20 Å². The molecule has 0 spiro atoms. The first-order valence-electron chi connectivity index (χ1n) is 11.8. The van der Waals surface area contributed by atoms with Crippen molar-refractivity contribution in [1.82, 2.24) is 24.5 Å². The van der Waals surface area contributed by atoms with Crippen LogP contribution in [0, 0.1) is 0 Å². The van der Waals surface area contributed by atoms with Crippen LogP contribution in [-0.4, -0.2) is 77.1 Å². The maximum atomic E-state index is 12.7. The summed E-state index contributed by atoms with van der Waals surface area (Å²) >= 11 is 0. The highest BCUT2D eigenvalue weighted by Gasteiger charge is 2.28. The van der Waals surface area contributed by atoms with Crippen LogP contribution in [0.15, 0.2) is 55.0 Å². The van der Waals surface area contributed by atoms with Crippen molar-refractivity contribution in [2.75, 3.05) is 51.3 Å². The molecular weight excluding hydrogens is 432 g/mol. The Kier molecular flexibility index (Phi) is 6.73. The zero-order valence-corrected chi connectivity index (χ0v) is 19.2. The third kappa shape index (κ3) is 5.37. The number of benzene rings is 1. The third-order valence-electron chi connectivity index (χ3n) is 6.56. The minimum absolute atomic E-state index is 0.200. The minimum atomic E-state index is -0.253. The Morgan fingerprint density at radius 1 is 1.06 bits per heavy atom. The molecule has 2 aromatic heterocycles. The average molecular weight is 463 g/mol. The van der Waals surface area contributed by atoms with Crippen molar-refractivity contribution in [2.45, 2.75) is 18.9 Å². The van der Waals surface area contributed by atoms with Crippen LogP contribution >= 0.6 is 0 Å². The highest BCUT2D eigenvalue weighted by molar-refractivity contribution is 5.89. The number of fused-ring (bicyclic) bond motifs is 1. The molecule has 3 aromatic rings. The van der Waals surface area contributed by atoms with E-state index in [1.165, 1.54) is 5.56 Å². The number of rotatable bonds is 6. The molecule has 9 nitrogen and oxygen atoms in total. The van der Waals surface area contributed by atoms with Gasteiger partial charge in [0.15, 0.2) is 0 Å². The number of ether oxygens (including phenoxy) is 1.